The molecule has 0 aliphatic heterocycles. The van der Waals surface area contributed by atoms with Crippen molar-refractivity contribution in [3.63, 3.8) is 0 Å². The number of aromatic nitrogens is 1. The van der Waals surface area contributed by atoms with Crippen molar-refractivity contribution >= 4 is 29.9 Å². The third kappa shape index (κ3) is 7.79. The number of hydrogen-bond acceptors (Lipinski definition) is 4. The molecule has 0 radical (unpaired) electrons. The van der Waals surface area contributed by atoms with Crippen LogP contribution in [0.15, 0.2) is 45.9 Å². The predicted molar refractivity (Wildman–Crippen MR) is 127 cm³/mol. The molecule has 1 aromatic heterocycles. The Morgan fingerprint density at radius 2 is 1.79 bits per heavy atom. The van der Waals surface area contributed by atoms with Gasteiger partial charge in [-0.15, -0.1) is 24.0 Å². The van der Waals surface area contributed by atoms with E-state index in [2.05, 4.69) is 53.4 Å². The van der Waals surface area contributed by atoms with Crippen molar-refractivity contribution < 1.29 is 4.52 Å². The second-order valence-corrected chi connectivity index (χ2v) is 7.18. The van der Waals surface area contributed by atoms with Crippen molar-refractivity contribution in [1.29, 1.82) is 0 Å². The Morgan fingerprint density at radius 3 is 2.39 bits per heavy atom. The molecule has 0 aliphatic rings. The van der Waals surface area contributed by atoms with Crippen LogP contribution >= 0.6 is 24.0 Å². The summed E-state index contributed by atoms with van der Waals surface area (Å²) in [4.78, 5) is 6.78. The lowest BCUT2D eigenvalue weighted by Crippen LogP contribution is -2.41. The highest BCUT2D eigenvalue weighted by molar-refractivity contribution is 14.0. The molecular weight excluding hydrogens is 465 g/mol. The summed E-state index contributed by atoms with van der Waals surface area (Å²) in [6, 6.07) is 13.1. The molecule has 0 amide bonds. The summed E-state index contributed by atoms with van der Waals surface area (Å²) in [7, 11) is 1.78. The number of guanidine groups is 1. The third-order valence-electron chi connectivity index (χ3n) is 4.49. The smallest absolute Gasteiger partial charge is 0.191 e. The Kier molecular flexibility index (Phi) is 11.1. The van der Waals surface area contributed by atoms with Gasteiger partial charge in [-0.05, 0) is 34.1 Å². The fraction of sp³-hybridized carbons (Fsp3) is 0.524. The molecule has 1 heterocycles. The van der Waals surface area contributed by atoms with Gasteiger partial charge in [0.05, 0.1) is 6.54 Å². The minimum atomic E-state index is 0. The fourth-order valence-corrected chi connectivity index (χ4v) is 3.11. The zero-order valence-electron chi connectivity index (χ0n) is 17.6. The number of nitrogens with one attached hydrogen (secondary N) is 2. The molecule has 0 spiro atoms. The first kappa shape index (κ1) is 24.4. The van der Waals surface area contributed by atoms with Gasteiger partial charge in [-0.2, -0.15) is 0 Å². The zero-order valence-corrected chi connectivity index (χ0v) is 19.9. The molecule has 2 N–H and O–H groups in total. The Hall–Kier alpha value is -1.61. The first-order chi connectivity index (χ1) is 13.0. The van der Waals surface area contributed by atoms with E-state index in [-0.39, 0.29) is 24.0 Å². The normalized spacial score (nSPS) is 11.8. The van der Waals surface area contributed by atoms with E-state index in [9.17, 15) is 0 Å². The van der Waals surface area contributed by atoms with Gasteiger partial charge in [0.2, 0.25) is 0 Å². The Bertz CT molecular complexity index is 692. The third-order valence-corrected chi connectivity index (χ3v) is 4.49. The SMILES string of the molecule is CN=C(NCCCN(C(C)C)C(C)C)NCc1cc(-c2ccccc2)on1.I. The maximum atomic E-state index is 5.43. The van der Waals surface area contributed by atoms with Gasteiger partial charge in [0.25, 0.3) is 0 Å². The number of halogens is 1. The van der Waals surface area contributed by atoms with Crippen molar-refractivity contribution in [2.45, 2.75) is 52.7 Å². The molecule has 0 atom stereocenters. The van der Waals surface area contributed by atoms with E-state index in [1.165, 1.54) is 0 Å². The highest BCUT2D eigenvalue weighted by Crippen LogP contribution is 2.19. The monoisotopic (exact) mass is 499 g/mol. The molecule has 7 heteroatoms. The second-order valence-electron chi connectivity index (χ2n) is 7.18. The van der Waals surface area contributed by atoms with Gasteiger partial charge in [0.1, 0.15) is 5.69 Å². The van der Waals surface area contributed by atoms with Crippen LogP contribution in [0.1, 0.15) is 39.8 Å². The summed E-state index contributed by atoms with van der Waals surface area (Å²) in [6.07, 6.45) is 1.07. The molecule has 0 saturated heterocycles. The highest BCUT2D eigenvalue weighted by atomic mass is 127. The molecule has 0 unspecified atom stereocenters. The number of nitrogens with zero attached hydrogens (tertiary/aromatic N) is 3. The van der Waals surface area contributed by atoms with Gasteiger partial charge in [-0.3, -0.25) is 9.89 Å². The van der Waals surface area contributed by atoms with Gasteiger partial charge >= 0.3 is 0 Å². The molecule has 0 saturated carbocycles. The molecule has 2 aromatic rings. The van der Waals surface area contributed by atoms with Gasteiger partial charge < -0.3 is 15.2 Å². The van der Waals surface area contributed by atoms with Gasteiger partial charge in [0, 0.05) is 43.9 Å². The lowest BCUT2D eigenvalue weighted by Gasteiger charge is -2.30. The van der Waals surface area contributed by atoms with Crippen LogP contribution in [0.3, 0.4) is 0 Å². The number of benzene rings is 1. The Labute approximate surface area is 186 Å². The first-order valence-electron chi connectivity index (χ1n) is 9.72. The Balaban J connectivity index is 0.00000392. The van der Waals surface area contributed by atoms with Gasteiger partial charge in [0.15, 0.2) is 11.7 Å². The van der Waals surface area contributed by atoms with Crippen LogP contribution in [0.5, 0.6) is 0 Å². The van der Waals surface area contributed by atoms with E-state index in [4.69, 9.17) is 4.52 Å². The molecule has 1 aromatic carbocycles. The molecule has 28 heavy (non-hydrogen) atoms. The summed E-state index contributed by atoms with van der Waals surface area (Å²) in [6.45, 7) is 11.5. The summed E-state index contributed by atoms with van der Waals surface area (Å²) in [5.74, 6) is 1.55. The van der Waals surface area contributed by atoms with Crippen molar-refractivity contribution in [2.75, 3.05) is 20.1 Å². The van der Waals surface area contributed by atoms with Crippen LogP contribution in [0, 0.1) is 0 Å². The van der Waals surface area contributed by atoms with Crippen molar-refractivity contribution in [3.8, 4) is 11.3 Å². The predicted octanol–water partition coefficient (Wildman–Crippen LogP) is 4.13. The van der Waals surface area contributed by atoms with E-state index in [1.807, 2.05) is 36.4 Å². The second kappa shape index (κ2) is 12.8. The van der Waals surface area contributed by atoms with E-state index in [0.29, 0.717) is 18.6 Å². The molecule has 6 nitrogen and oxygen atoms in total. The summed E-state index contributed by atoms with van der Waals surface area (Å²) in [5.41, 5.74) is 1.88. The minimum Gasteiger partial charge on any atom is -0.356 e. The molecule has 0 bridgehead atoms. The summed E-state index contributed by atoms with van der Waals surface area (Å²) < 4.78 is 5.43. The van der Waals surface area contributed by atoms with Crippen LogP contribution < -0.4 is 10.6 Å². The topological polar surface area (TPSA) is 65.7 Å². The van der Waals surface area contributed by atoms with Gasteiger partial charge in [-0.1, -0.05) is 35.5 Å². The van der Waals surface area contributed by atoms with Gasteiger partial charge in [-0.25, -0.2) is 0 Å². The molecule has 2 rings (SSSR count). The number of hydrogen-bond donors (Lipinski definition) is 2. The minimum absolute atomic E-state index is 0. The standard InChI is InChI=1S/C21H33N5O.HI/c1-16(2)26(17(3)4)13-9-12-23-21(22-5)24-15-19-14-20(27-25-19)18-10-7-6-8-11-18;/h6-8,10-11,14,16-17H,9,12-13,15H2,1-5H3,(H2,22,23,24);1H. The average molecular weight is 499 g/mol. The van der Waals surface area contributed by atoms with E-state index in [1.54, 1.807) is 7.05 Å². The lowest BCUT2D eigenvalue weighted by atomic mass is 10.2. The fourth-order valence-electron chi connectivity index (χ4n) is 3.11. The first-order valence-corrected chi connectivity index (χ1v) is 9.72. The average Bonchev–Trinajstić information content (AvgIpc) is 3.13. The largest absolute Gasteiger partial charge is 0.356 e. The number of rotatable bonds is 9. The van der Waals surface area contributed by atoms with Crippen molar-refractivity contribution in [1.82, 2.24) is 20.7 Å². The maximum Gasteiger partial charge on any atom is 0.191 e. The van der Waals surface area contributed by atoms with Crippen molar-refractivity contribution in [2.24, 2.45) is 4.99 Å². The highest BCUT2D eigenvalue weighted by Gasteiger charge is 2.12. The van der Waals surface area contributed by atoms with Crippen LogP contribution in [0.4, 0.5) is 0 Å². The molecule has 156 valence electrons. The molecule has 0 fully saturated rings. The summed E-state index contributed by atoms with van der Waals surface area (Å²) in [5, 5.41) is 10.8. The lowest BCUT2D eigenvalue weighted by molar-refractivity contribution is 0.173. The molecular formula is C21H34IN5O. The maximum absolute atomic E-state index is 5.43. The van der Waals surface area contributed by atoms with E-state index < -0.39 is 0 Å². The van der Waals surface area contributed by atoms with E-state index in [0.717, 1.165) is 42.5 Å². The van der Waals surface area contributed by atoms with Crippen LogP contribution in [-0.4, -0.2) is 48.2 Å². The van der Waals surface area contributed by atoms with Crippen molar-refractivity contribution in [3.05, 3.63) is 42.1 Å². The summed E-state index contributed by atoms with van der Waals surface area (Å²) >= 11 is 0. The zero-order chi connectivity index (χ0) is 19.6. The Morgan fingerprint density at radius 1 is 1.11 bits per heavy atom. The van der Waals surface area contributed by atoms with Crippen LogP contribution in [0.2, 0.25) is 0 Å². The quantitative estimate of drug-likeness (QED) is 0.235. The van der Waals surface area contributed by atoms with Crippen LogP contribution in [-0.2, 0) is 6.54 Å². The van der Waals surface area contributed by atoms with Crippen LogP contribution in [0.25, 0.3) is 11.3 Å². The molecule has 0 aliphatic carbocycles. The number of aliphatic imine (C=N–C) groups is 1. The van der Waals surface area contributed by atoms with E-state index >= 15 is 0 Å².